The van der Waals surface area contributed by atoms with Crippen molar-refractivity contribution in [2.45, 2.75) is 0 Å². The van der Waals surface area contributed by atoms with Gasteiger partial charge in [-0.25, -0.2) is 0 Å². The second-order valence-corrected chi connectivity index (χ2v) is 1.42. The molecule has 0 saturated carbocycles. The molecule has 2 nitrogen and oxygen atoms in total. The van der Waals surface area contributed by atoms with Crippen molar-refractivity contribution in [3.05, 3.63) is 12.8 Å². The molecule has 0 atom stereocenters. The molecule has 0 aromatic rings. The van der Waals surface area contributed by atoms with Crippen LogP contribution in [0.4, 0.5) is 0 Å². The van der Waals surface area contributed by atoms with Gasteiger partial charge in [0.1, 0.15) is 17.2 Å². The highest BCUT2D eigenvalue weighted by Crippen LogP contribution is 1.53. The molecule has 0 aromatic carbocycles. The third-order valence-electron chi connectivity index (χ3n) is 0.372. The van der Waals surface area contributed by atoms with Crippen LogP contribution in [0.2, 0.25) is 0 Å². The number of hydrogen-bond donors (Lipinski definition) is 1. The molecule has 3 heteroatoms. The van der Waals surface area contributed by atoms with E-state index in [9.17, 15) is 0 Å². The molecule has 0 aliphatic carbocycles. The SMILES string of the molecule is C=CNCO[SiH3]. The van der Waals surface area contributed by atoms with Crippen LogP contribution in [0.3, 0.4) is 0 Å². The van der Waals surface area contributed by atoms with Crippen LogP contribution in [0, 0.1) is 0 Å². The first kappa shape index (κ1) is 5.72. The molecule has 0 fully saturated rings. The van der Waals surface area contributed by atoms with E-state index < -0.39 is 0 Å². The quantitative estimate of drug-likeness (QED) is 0.280. The van der Waals surface area contributed by atoms with Gasteiger partial charge in [-0.05, 0) is 6.20 Å². The standard InChI is InChI=1S/C3H9NOSi/c1-2-4-3-5-6/h2,4H,1,3H2,6H3. The average molecular weight is 103 g/mol. The van der Waals surface area contributed by atoms with Gasteiger partial charge in [0.15, 0.2) is 0 Å². The lowest BCUT2D eigenvalue weighted by molar-refractivity contribution is 0.333. The third-order valence-corrected chi connectivity index (χ3v) is 0.661. The highest BCUT2D eigenvalue weighted by Gasteiger charge is 1.63. The van der Waals surface area contributed by atoms with E-state index in [1.54, 1.807) is 6.20 Å². The van der Waals surface area contributed by atoms with E-state index in [1.165, 1.54) is 0 Å². The first-order valence-electron chi connectivity index (χ1n) is 1.75. The second kappa shape index (κ2) is 4.72. The van der Waals surface area contributed by atoms with Gasteiger partial charge in [0, 0.05) is 0 Å². The summed E-state index contributed by atoms with van der Waals surface area (Å²) in [6.07, 6.45) is 1.61. The number of hydrogen-bond acceptors (Lipinski definition) is 2. The van der Waals surface area contributed by atoms with Gasteiger partial charge in [0.05, 0.1) is 0 Å². The Balaban J connectivity index is 2.49. The van der Waals surface area contributed by atoms with E-state index in [0.29, 0.717) is 6.73 Å². The second-order valence-electron chi connectivity index (χ2n) is 0.841. The van der Waals surface area contributed by atoms with Gasteiger partial charge < -0.3 is 9.74 Å². The molecule has 0 spiro atoms. The number of rotatable bonds is 3. The fourth-order valence-electron chi connectivity index (χ4n) is 0.142. The molecule has 6 heavy (non-hydrogen) atoms. The first-order valence-corrected chi connectivity index (χ1v) is 2.56. The van der Waals surface area contributed by atoms with E-state index >= 15 is 0 Å². The maximum atomic E-state index is 4.74. The van der Waals surface area contributed by atoms with E-state index in [2.05, 4.69) is 11.9 Å². The zero-order valence-corrected chi connectivity index (χ0v) is 5.90. The van der Waals surface area contributed by atoms with Crippen molar-refractivity contribution in [2.24, 2.45) is 0 Å². The summed E-state index contributed by atoms with van der Waals surface area (Å²) in [4.78, 5) is 0. The molecule has 0 heterocycles. The first-order chi connectivity index (χ1) is 2.91. The predicted octanol–water partition coefficient (Wildman–Crippen LogP) is -1.03. The molecule has 0 aliphatic rings. The minimum absolute atomic E-state index is 0.607. The van der Waals surface area contributed by atoms with Crippen molar-refractivity contribution >= 4 is 10.5 Å². The van der Waals surface area contributed by atoms with Crippen molar-refractivity contribution in [2.75, 3.05) is 6.73 Å². The topological polar surface area (TPSA) is 21.3 Å². The van der Waals surface area contributed by atoms with Crippen LogP contribution >= 0.6 is 0 Å². The molecular formula is C3H9NOSi. The van der Waals surface area contributed by atoms with Crippen molar-refractivity contribution in [3.8, 4) is 0 Å². The molecular weight excluding hydrogens is 94.1 g/mol. The Morgan fingerprint density at radius 3 is 2.83 bits per heavy atom. The summed E-state index contributed by atoms with van der Waals surface area (Å²) in [5, 5.41) is 2.77. The fourth-order valence-corrected chi connectivity index (χ4v) is 0.309. The molecule has 0 amide bonds. The lowest BCUT2D eigenvalue weighted by atomic mass is 11.0. The van der Waals surface area contributed by atoms with Gasteiger partial charge in [-0.2, -0.15) is 0 Å². The molecule has 0 rings (SSSR count). The Morgan fingerprint density at radius 2 is 2.67 bits per heavy atom. The van der Waals surface area contributed by atoms with E-state index in [0.717, 1.165) is 10.5 Å². The van der Waals surface area contributed by atoms with Crippen molar-refractivity contribution < 1.29 is 4.43 Å². The maximum absolute atomic E-state index is 4.74. The van der Waals surface area contributed by atoms with Gasteiger partial charge in [0.2, 0.25) is 0 Å². The molecule has 0 unspecified atom stereocenters. The fraction of sp³-hybridized carbons (Fsp3) is 0.333. The monoisotopic (exact) mass is 103 g/mol. The molecule has 0 aromatic heterocycles. The highest BCUT2D eigenvalue weighted by atomic mass is 28.2. The van der Waals surface area contributed by atoms with Gasteiger partial charge in [0.25, 0.3) is 0 Å². The van der Waals surface area contributed by atoms with Crippen LogP contribution in [0.15, 0.2) is 12.8 Å². The Bertz CT molecular complexity index is 39.8. The molecule has 0 saturated heterocycles. The minimum Gasteiger partial charge on any atom is -0.411 e. The van der Waals surface area contributed by atoms with Gasteiger partial charge >= 0.3 is 0 Å². The van der Waals surface area contributed by atoms with Crippen LogP contribution in [0.25, 0.3) is 0 Å². The predicted molar refractivity (Wildman–Crippen MR) is 29.2 cm³/mol. The summed E-state index contributed by atoms with van der Waals surface area (Å²) in [5.41, 5.74) is 0. The molecule has 0 aliphatic heterocycles. The number of nitrogens with one attached hydrogen (secondary N) is 1. The van der Waals surface area contributed by atoms with Crippen LogP contribution in [0.5, 0.6) is 0 Å². The van der Waals surface area contributed by atoms with Gasteiger partial charge in [-0.3, -0.25) is 0 Å². The largest absolute Gasteiger partial charge is 0.411 e. The minimum atomic E-state index is 0.607. The lowest BCUT2D eigenvalue weighted by Crippen LogP contribution is -2.07. The Hall–Kier alpha value is -0.283. The zero-order valence-electron chi connectivity index (χ0n) is 3.90. The zero-order chi connectivity index (χ0) is 4.83. The van der Waals surface area contributed by atoms with Crippen LogP contribution in [-0.2, 0) is 4.43 Å². The summed E-state index contributed by atoms with van der Waals surface area (Å²) in [6.45, 7) is 4.03. The maximum Gasteiger partial charge on any atom is 0.148 e. The van der Waals surface area contributed by atoms with Crippen LogP contribution in [0.1, 0.15) is 0 Å². The van der Waals surface area contributed by atoms with E-state index in [-0.39, 0.29) is 0 Å². The van der Waals surface area contributed by atoms with Crippen LogP contribution < -0.4 is 5.32 Å². The smallest absolute Gasteiger partial charge is 0.148 e. The Labute approximate surface area is 40.7 Å². The third kappa shape index (κ3) is 3.72. The molecule has 36 valence electrons. The van der Waals surface area contributed by atoms with Crippen molar-refractivity contribution in [1.29, 1.82) is 0 Å². The van der Waals surface area contributed by atoms with Crippen molar-refractivity contribution in [3.63, 3.8) is 0 Å². The van der Waals surface area contributed by atoms with E-state index in [4.69, 9.17) is 4.43 Å². The lowest BCUT2D eigenvalue weighted by Gasteiger charge is -1.92. The average Bonchev–Trinajstić information content (AvgIpc) is 1.61. The summed E-state index contributed by atoms with van der Waals surface area (Å²) in [7, 11) is 0.793. The molecule has 0 bridgehead atoms. The van der Waals surface area contributed by atoms with Crippen molar-refractivity contribution in [1.82, 2.24) is 5.32 Å². The summed E-state index contributed by atoms with van der Waals surface area (Å²) in [5.74, 6) is 0. The van der Waals surface area contributed by atoms with Crippen LogP contribution in [-0.4, -0.2) is 17.2 Å². The molecule has 1 N–H and O–H groups in total. The van der Waals surface area contributed by atoms with Gasteiger partial charge in [-0.1, -0.05) is 6.58 Å². The van der Waals surface area contributed by atoms with Gasteiger partial charge in [-0.15, -0.1) is 0 Å². The normalized spacial score (nSPS) is 8.00. The summed E-state index contributed by atoms with van der Waals surface area (Å²) in [6, 6.07) is 0. The van der Waals surface area contributed by atoms with E-state index in [1.807, 2.05) is 0 Å². The summed E-state index contributed by atoms with van der Waals surface area (Å²) < 4.78 is 4.74. The Kier molecular flexibility index (Phi) is 4.49. The Morgan fingerprint density at radius 1 is 2.00 bits per heavy atom. The summed E-state index contributed by atoms with van der Waals surface area (Å²) >= 11 is 0. The molecule has 0 radical (unpaired) electrons. The highest BCUT2D eigenvalue weighted by molar-refractivity contribution is 5.97.